The first-order valence-corrected chi connectivity index (χ1v) is 7.38. The van der Waals surface area contributed by atoms with E-state index in [4.69, 9.17) is 4.74 Å². The number of aromatic nitrogens is 1. The van der Waals surface area contributed by atoms with Crippen LogP contribution in [0.5, 0.6) is 5.75 Å². The van der Waals surface area contributed by atoms with Crippen LogP contribution >= 0.6 is 0 Å². The van der Waals surface area contributed by atoms with E-state index in [1.165, 1.54) is 11.8 Å². The first kappa shape index (κ1) is 14.0. The summed E-state index contributed by atoms with van der Waals surface area (Å²) in [5, 5.41) is 3.42. The maximum atomic E-state index is 14.2. The third-order valence-electron chi connectivity index (χ3n) is 3.77. The van der Waals surface area contributed by atoms with Crippen molar-refractivity contribution >= 4 is 0 Å². The Morgan fingerprint density at radius 1 is 1.33 bits per heavy atom. The van der Waals surface area contributed by atoms with Crippen molar-refractivity contribution in [2.45, 2.75) is 25.8 Å². The van der Waals surface area contributed by atoms with Gasteiger partial charge in [0.25, 0.3) is 0 Å². The van der Waals surface area contributed by atoms with Gasteiger partial charge in [0.1, 0.15) is 11.6 Å². The second kappa shape index (κ2) is 6.22. The summed E-state index contributed by atoms with van der Waals surface area (Å²) in [5.74, 6) is 0.615. The molecule has 110 valence electrons. The summed E-state index contributed by atoms with van der Waals surface area (Å²) in [6, 6.07) is 7.63. The molecule has 2 aromatic rings. The maximum Gasteiger partial charge on any atom is 0.146 e. The SMILES string of the molecule is CCCNC(c1ccncc1F)c1cccc2c1OCC2. The Labute approximate surface area is 124 Å². The van der Waals surface area contributed by atoms with Crippen molar-refractivity contribution in [2.24, 2.45) is 0 Å². The van der Waals surface area contributed by atoms with Crippen molar-refractivity contribution in [3.05, 3.63) is 59.2 Å². The molecule has 4 heteroatoms. The van der Waals surface area contributed by atoms with E-state index in [1.807, 2.05) is 12.1 Å². The smallest absolute Gasteiger partial charge is 0.146 e. The van der Waals surface area contributed by atoms with Gasteiger partial charge in [0.2, 0.25) is 0 Å². The molecule has 1 N–H and O–H groups in total. The molecule has 0 amide bonds. The van der Waals surface area contributed by atoms with Crippen LogP contribution in [0.25, 0.3) is 0 Å². The van der Waals surface area contributed by atoms with Gasteiger partial charge in [-0.1, -0.05) is 25.1 Å². The molecule has 0 bridgehead atoms. The molecule has 0 spiro atoms. The second-order valence-corrected chi connectivity index (χ2v) is 5.22. The maximum absolute atomic E-state index is 14.2. The molecule has 3 nitrogen and oxygen atoms in total. The van der Waals surface area contributed by atoms with Crippen LogP contribution in [0.3, 0.4) is 0 Å². The number of fused-ring (bicyclic) bond motifs is 1. The zero-order valence-electron chi connectivity index (χ0n) is 12.1. The number of benzene rings is 1. The molecule has 1 aromatic heterocycles. The predicted octanol–water partition coefficient (Wildman–Crippen LogP) is 3.24. The molecule has 0 saturated carbocycles. The molecule has 21 heavy (non-hydrogen) atoms. The van der Waals surface area contributed by atoms with E-state index in [1.54, 1.807) is 12.3 Å². The third kappa shape index (κ3) is 2.76. The van der Waals surface area contributed by atoms with Gasteiger partial charge in [-0.2, -0.15) is 0 Å². The molecule has 1 unspecified atom stereocenters. The van der Waals surface area contributed by atoms with Crippen LogP contribution in [-0.2, 0) is 6.42 Å². The van der Waals surface area contributed by atoms with E-state index in [2.05, 4.69) is 23.3 Å². The average molecular weight is 286 g/mol. The van der Waals surface area contributed by atoms with Crippen molar-refractivity contribution < 1.29 is 9.13 Å². The van der Waals surface area contributed by atoms with Crippen molar-refractivity contribution in [1.29, 1.82) is 0 Å². The van der Waals surface area contributed by atoms with Crippen LogP contribution in [-0.4, -0.2) is 18.1 Å². The molecule has 1 aliphatic heterocycles. The number of hydrogen-bond acceptors (Lipinski definition) is 3. The van der Waals surface area contributed by atoms with E-state index in [9.17, 15) is 4.39 Å². The summed E-state index contributed by atoms with van der Waals surface area (Å²) in [4.78, 5) is 3.84. The Morgan fingerprint density at radius 2 is 2.24 bits per heavy atom. The van der Waals surface area contributed by atoms with Gasteiger partial charge < -0.3 is 10.1 Å². The number of rotatable bonds is 5. The lowest BCUT2D eigenvalue weighted by Crippen LogP contribution is -2.24. The highest BCUT2D eigenvalue weighted by Crippen LogP contribution is 2.36. The number of halogens is 1. The summed E-state index contributed by atoms with van der Waals surface area (Å²) in [5.41, 5.74) is 2.82. The molecule has 3 rings (SSSR count). The lowest BCUT2D eigenvalue weighted by atomic mass is 9.96. The Balaban J connectivity index is 2.04. The van der Waals surface area contributed by atoms with E-state index in [-0.39, 0.29) is 11.9 Å². The van der Waals surface area contributed by atoms with Crippen LogP contribution in [0.1, 0.15) is 36.1 Å². The highest BCUT2D eigenvalue weighted by atomic mass is 19.1. The van der Waals surface area contributed by atoms with Crippen molar-refractivity contribution in [3.63, 3.8) is 0 Å². The first-order chi connectivity index (χ1) is 10.3. The second-order valence-electron chi connectivity index (χ2n) is 5.22. The van der Waals surface area contributed by atoms with Gasteiger partial charge in [0, 0.05) is 23.7 Å². The van der Waals surface area contributed by atoms with Gasteiger partial charge >= 0.3 is 0 Å². The van der Waals surface area contributed by atoms with E-state index < -0.39 is 0 Å². The van der Waals surface area contributed by atoms with Crippen LogP contribution in [0.2, 0.25) is 0 Å². The minimum absolute atomic E-state index is 0.207. The standard InChI is InChI=1S/C17H19FN2O/c1-2-8-20-16(13-6-9-19-11-15(13)18)14-5-3-4-12-7-10-21-17(12)14/h3-6,9,11,16,20H,2,7-8,10H2,1H3. The summed E-state index contributed by atoms with van der Waals surface area (Å²) in [6.45, 7) is 3.61. The highest BCUT2D eigenvalue weighted by molar-refractivity contribution is 5.48. The van der Waals surface area contributed by atoms with E-state index in [0.29, 0.717) is 12.2 Å². The monoisotopic (exact) mass is 286 g/mol. The topological polar surface area (TPSA) is 34.2 Å². The lowest BCUT2D eigenvalue weighted by molar-refractivity contribution is 0.350. The lowest BCUT2D eigenvalue weighted by Gasteiger charge is -2.22. The predicted molar refractivity (Wildman–Crippen MR) is 80.0 cm³/mol. The molecule has 1 aliphatic rings. The molecule has 2 heterocycles. The van der Waals surface area contributed by atoms with Crippen LogP contribution in [0.4, 0.5) is 4.39 Å². The summed E-state index contributed by atoms with van der Waals surface area (Å²) in [7, 11) is 0. The molecular formula is C17H19FN2O. The minimum Gasteiger partial charge on any atom is -0.493 e. The molecule has 1 atom stereocenters. The van der Waals surface area contributed by atoms with E-state index >= 15 is 0 Å². The molecule has 0 fully saturated rings. The van der Waals surface area contributed by atoms with Crippen LogP contribution in [0, 0.1) is 5.82 Å². The molecule has 0 saturated heterocycles. The molecular weight excluding hydrogens is 267 g/mol. The van der Waals surface area contributed by atoms with Crippen LogP contribution in [0.15, 0.2) is 36.7 Å². The van der Waals surface area contributed by atoms with Gasteiger partial charge in [-0.05, 0) is 24.6 Å². The quantitative estimate of drug-likeness (QED) is 0.916. The minimum atomic E-state index is -0.290. The summed E-state index contributed by atoms with van der Waals surface area (Å²) in [6.07, 6.45) is 4.80. The van der Waals surface area contributed by atoms with Crippen molar-refractivity contribution in [3.8, 4) is 5.75 Å². The third-order valence-corrected chi connectivity index (χ3v) is 3.77. The van der Waals surface area contributed by atoms with Gasteiger partial charge in [0.05, 0.1) is 18.8 Å². The number of pyridine rings is 1. The number of nitrogens with zero attached hydrogens (tertiary/aromatic N) is 1. The van der Waals surface area contributed by atoms with Crippen molar-refractivity contribution in [1.82, 2.24) is 10.3 Å². The van der Waals surface area contributed by atoms with Gasteiger partial charge in [0.15, 0.2) is 0 Å². The highest BCUT2D eigenvalue weighted by Gasteiger charge is 2.24. The zero-order valence-corrected chi connectivity index (χ0v) is 12.1. The Bertz CT molecular complexity index is 630. The molecule has 0 aliphatic carbocycles. The molecule has 1 aromatic carbocycles. The Morgan fingerprint density at radius 3 is 3.05 bits per heavy atom. The molecule has 0 radical (unpaired) electrons. The Kier molecular flexibility index (Phi) is 4.15. The van der Waals surface area contributed by atoms with Gasteiger partial charge in [-0.3, -0.25) is 4.98 Å². The van der Waals surface area contributed by atoms with Crippen LogP contribution < -0.4 is 10.1 Å². The number of hydrogen-bond donors (Lipinski definition) is 1. The zero-order chi connectivity index (χ0) is 14.7. The van der Waals surface area contributed by atoms with Gasteiger partial charge in [-0.15, -0.1) is 0 Å². The Hall–Kier alpha value is -1.94. The summed E-state index contributed by atoms with van der Waals surface area (Å²) >= 11 is 0. The first-order valence-electron chi connectivity index (χ1n) is 7.38. The number of ether oxygens (including phenoxy) is 1. The fourth-order valence-corrected chi connectivity index (χ4v) is 2.76. The fourth-order valence-electron chi connectivity index (χ4n) is 2.76. The largest absolute Gasteiger partial charge is 0.493 e. The summed E-state index contributed by atoms with van der Waals surface area (Å²) < 4.78 is 19.9. The normalized spacial score (nSPS) is 14.6. The van der Waals surface area contributed by atoms with Crippen molar-refractivity contribution in [2.75, 3.05) is 13.2 Å². The van der Waals surface area contributed by atoms with E-state index in [0.717, 1.165) is 30.7 Å². The average Bonchev–Trinajstić information content (AvgIpc) is 2.98. The van der Waals surface area contributed by atoms with Gasteiger partial charge in [-0.25, -0.2) is 4.39 Å². The fraction of sp³-hybridized carbons (Fsp3) is 0.353. The number of para-hydroxylation sites is 1. The number of nitrogens with one attached hydrogen (secondary N) is 1.